The SMILES string of the molecule is C=C1C=C(C)N(c2c(C(C)C)cccc2C(C)C)[Si](CN2[C]N(C)C(C)=C2C)N1c1c(C(C)C)cccc1C(C)C. The van der Waals surface area contributed by atoms with Crippen LogP contribution in [0.1, 0.15) is 122 Å². The molecule has 0 atom stereocenters. The van der Waals surface area contributed by atoms with Crippen molar-refractivity contribution in [3.63, 3.8) is 0 Å². The molecule has 0 spiro atoms. The first-order chi connectivity index (χ1) is 19.3. The van der Waals surface area contributed by atoms with Crippen LogP contribution in [0.25, 0.3) is 0 Å². The summed E-state index contributed by atoms with van der Waals surface area (Å²) < 4.78 is 5.36. The van der Waals surface area contributed by atoms with Gasteiger partial charge in [-0.05, 0) is 72.8 Å². The maximum Gasteiger partial charge on any atom is 0.328 e. The van der Waals surface area contributed by atoms with E-state index in [9.17, 15) is 0 Å². The molecule has 2 heterocycles. The van der Waals surface area contributed by atoms with E-state index < -0.39 is 9.12 Å². The zero-order valence-electron chi connectivity index (χ0n) is 27.6. The van der Waals surface area contributed by atoms with E-state index in [4.69, 9.17) is 6.58 Å². The van der Waals surface area contributed by atoms with Gasteiger partial charge in [-0.25, -0.2) is 0 Å². The van der Waals surface area contributed by atoms with E-state index in [1.54, 1.807) is 0 Å². The molecule has 41 heavy (non-hydrogen) atoms. The fourth-order valence-electron chi connectivity index (χ4n) is 6.16. The number of hydrogen-bond donors (Lipinski definition) is 0. The molecule has 4 rings (SSSR count). The van der Waals surface area contributed by atoms with Gasteiger partial charge in [0.25, 0.3) is 0 Å². The molecule has 0 fully saturated rings. The lowest BCUT2D eigenvalue weighted by atomic mass is 9.92. The zero-order chi connectivity index (χ0) is 30.3. The highest BCUT2D eigenvalue weighted by Crippen LogP contribution is 2.45. The quantitative estimate of drug-likeness (QED) is 0.295. The number of rotatable bonds is 8. The van der Waals surface area contributed by atoms with Crippen molar-refractivity contribution in [3.05, 3.63) is 101 Å². The molecule has 0 saturated carbocycles. The van der Waals surface area contributed by atoms with Crippen LogP contribution in [0.15, 0.2) is 71.8 Å². The lowest BCUT2D eigenvalue weighted by Gasteiger charge is -2.48. The van der Waals surface area contributed by atoms with E-state index in [0.29, 0.717) is 23.7 Å². The van der Waals surface area contributed by atoms with Crippen molar-refractivity contribution < 1.29 is 0 Å². The van der Waals surface area contributed by atoms with E-state index in [1.807, 2.05) is 0 Å². The van der Waals surface area contributed by atoms with Crippen LogP contribution in [0, 0.1) is 6.67 Å². The summed E-state index contributed by atoms with van der Waals surface area (Å²) in [5.74, 6) is 1.61. The predicted molar refractivity (Wildman–Crippen MR) is 179 cm³/mol. The lowest BCUT2D eigenvalue weighted by Crippen LogP contribution is -2.60. The minimum absolute atomic E-state index is 0.397. The third-order valence-corrected chi connectivity index (χ3v) is 11.4. The second kappa shape index (κ2) is 12.1. The van der Waals surface area contributed by atoms with Gasteiger partial charge < -0.3 is 18.9 Å². The molecule has 3 radical (unpaired) electrons. The van der Waals surface area contributed by atoms with Crippen molar-refractivity contribution in [1.29, 1.82) is 0 Å². The van der Waals surface area contributed by atoms with Crippen molar-refractivity contribution in [2.24, 2.45) is 0 Å². The molecule has 0 aliphatic carbocycles. The molecule has 2 aromatic carbocycles. The minimum Gasteiger partial charge on any atom is -0.352 e. The van der Waals surface area contributed by atoms with Crippen LogP contribution in [0.3, 0.4) is 0 Å². The maximum absolute atomic E-state index is 4.73. The van der Waals surface area contributed by atoms with Crippen LogP contribution in [0.2, 0.25) is 0 Å². The maximum atomic E-state index is 4.73. The Morgan fingerprint density at radius 1 is 0.683 bits per heavy atom. The molecule has 0 N–H and O–H groups in total. The molecule has 2 aromatic rings. The summed E-state index contributed by atoms with van der Waals surface area (Å²) in [6.45, 7) is 33.6. The van der Waals surface area contributed by atoms with Crippen LogP contribution < -0.4 is 9.13 Å². The topological polar surface area (TPSA) is 13.0 Å². The Labute approximate surface area is 252 Å². The predicted octanol–water partition coefficient (Wildman–Crippen LogP) is 9.45. The average molecular weight is 568 g/mol. The van der Waals surface area contributed by atoms with Crippen molar-refractivity contribution in [1.82, 2.24) is 9.80 Å². The number of allylic oxidation sites excluding steroid dienone is 4. The van der Waals surface area contributed by atoms with Crippen molar-refractivity contribution >= 4 is 20.5 Å². The Kier molecular flexibility index (Phi) is 9.18. The van der Waals surface area contributed by atoms with Crippen molar-refractivity contribution in [2.75, 3.05) is 22.3 Å². The van der Waals surface area contributed by atoms with Gasteiger partial charge in [-0.2, -0.15) is 0 Å². The highest BCUT2D eigenvalue weighted by Gasteiger charge is 2.42. The molecule has 0 saturated heterocycles. The molecule has 0 amide bonds. The fourth-order valence-corrected chi connectivity index (χ4v) is 9.14. The Hall–Kier alpha value is -2.92. The molecule has 5 heteroatoms. The van der Waals surface area contributed by atoms with Gasteiger partial charge in [0.15, 0.2) is 0 Å². The van der Waals surface area contributed by atoms with E-state index in [-0.39, 0.29) is 0 Å². The van der Waals surface area contributed by atoms with Gasteiger partial charge in [0.2, 0.25) is 6.67 Å². The summed E-state index contributed by atoms with van der Waals surface area (Å²) in [5.41, 5.74) is 13.2. The van der Waals surface area contributed by atoms with Crippen LogP contribution in [-0.4, -0.2) is 32.1 Å². The van der Waals surface area contributed by atoms with E-state index >= 15 is 0 Å². The third-order valence-electron chi connectivity index (χ3n) is 8.67. The molecule has 0 unspecified atom stereocenters. The highest BCUT2D eigenvalue weighted by atomic mass is 28.3. The first-order valence-electron chi connectivity index (χ1n) is 15.3. The molecule has 2 aliphatic rings. The molecule has 4 nitrogen and oxygen atoms in total. The van der Waals surface area contributed by atoms with Crippen LogP contribution in [0.4, 0.5) is 11.4 Å². The minimum atomic E-state index is -1.51. The van der Waals surface area contributed by atoms with Gasteiger partial charge in [-0.15, -0.1) is 0 Å². The van der Waals surface area contributed by atoms with Crippen molar-refractivity contribution in [3.8, 4) is 0 Å². The summed E-state index contributed by atoms with van der Waals surface area (Å²) in [6.07, 6.45) is 3.17. The monoisotopic (exact) mass is 567 g/mol. The molecular formula is C36H51N4Si. The Morgan fingerprint density at radius 2 is 1.10 bits per heavy atom. The molecule has 0 bridgehead atoms. The van der Waals surface area contributed by atoms with Gasteiger partial charge in [0.1, 0.15) is 0 Å². The van der Waals surface area contributed by atoms with Crippen LogP contribution in [-0.2, 0) is 0 Å². The number of anilines is 2. The second-order valence-corrected chi connectivity index (χ2v) is 15.0. The van der Waals surface area contributed by atoms with E-state index in [2.05, 4.69) is 151 Å². The van der Waals surface area contributed by atoms with Gasteiger partial charge in [-0.1, -0.05) is 98.4 Å². The first-order valence-corrected chi connectivity index (χ1v) is 16.9. The standard InChI is InChI=1S/C36H51N4Si/c1-23(2)31-16-14-17-32(24(3)4)35(31)39-27(9)20-28(10)40(41(39)22-38-21-37(13)29(11)30(38)12)36-33(25(5)6)18-15-19-34(36)26(7)8/h14-20,23-26H,9,22H2,1-8,10-13H3. The van der Waals surface area contributed by atoms with Gasteiger partial charge in [0, 0.05) is 41.2 Å². The molecule has 2 aliphatic heterocycles. The molecule has 219 valence electrons. The largest absolute Gasteiger partial charge is 0.352 e. The van der Waals surface area contributed by atoms with Gasteiger partial charge in [-0.3, -0.25) is 0 Å². The summed E-state index contributed by atoms with van der Waals surface area (Å²) in [6, 6.07) is 13.8. The Bertz CT molecular complexity index is 1300. The highest BCUT2D eigenvalue weighted by molar-refractivity contribution is 6.69. The normalized spacial score (nSPS) is 17.0. The third kappa shape index (κ3) is 5.75. The summed E-state index contributed by atoms with van der Waals surface area (Å²) in [5, 5.41) is 0. The smallest absolute Gasteiger partial charge is 0.328 e. The summed E-state index contributed by atoms with van der Waals surface area (Å²) in [4.78, 5) is 4.49. The lowest BCUT2D eigenvalue weighted by molar-refractivity contribution is 0.392. The Balaban J connectivity index is 2.05. The zero-order valence-corrected chi connectivity index (χ0v) is 28.6. The van der Waals surface area contributed by atoms with Crippen LogP contribution in [0.5, 0.6) is 0 Å². The molecule has 0 aromatic heterocycles. The number of nitrogens with zero attached hydrogens (tertiary/aromatic N) is 4. The molecular weight excluding hydrogens is 517 g/mol. The second-order valence-electron chi connectivity index (χ2n) is 13.0. The fraction of sp³-hybridized carbons (Fsp3) is 0.472. The van der Waals surface area contributed by atoms with Gasteiger partial charge >= 0.3 is 9.12 Å². The summed E-state index contributed by atoms with van der Waals surface area (Å²) in [7, 11) is 0.596. The summed E-state index contributed by atoms with van der Waals surface area (Å²) >= 11 is 0. The van der Waals surface area contributed by atoms with E-state index in [1.165, 1.54) is 50.7 Å². The van der Waals surface area contributed by atoms with E-state index in [0.717, 1.165) is 11.9 Å². The number of hydrogen-bond acceptors (Lipinski definition) is 4. The van der Waals surface area contributed by atoms with Crippen LogP contribution >= 0.6 is 0 Å². The number of para-hydroxylation sites is 2. The van der Waals surface area contributed by atoms with Crippen molar-refractivity contribution in [2.45, 2.75) is 99.8 Å². The first kappa shape index (κ1) is 31.0. The van der Waals surface area contributed by atoms with Gasteiger partial charge in [0.05, 0.1) is 6.17 Å². The average Bonchev–Trinajstić information content (AvgIpc) is 3.14. The number of benzene rings is 2. The Morgan fingerprint density at radius 3 is 1.46 bits per heavy atom.